The number of nitrogens with zero attached hydrogens (tertiary/aromatic N) is 1. The Kier molecular flexibility index (Phi) is 3.18. The highest BCUT2D eigenvalue weighted by atomic mass is 19.1. The standard InChI is InChI=1S/C12H12FNO4/c13-9-3-1-7(2-4-9)8-5-10(11(15)16)14(6-8)12(17)18/h1-4,8,10H,5-6H2,(H,15,16)(H,17,18)/t8-,10-/m0/s1. The first kappa shape index (κ1) is 12.3. The number of amides is 1. The number of hydrogen-bond donors (Lipinski definition) is 2. The lowest BCUT2D eigenvalue weighted by atomic mass is 9.96. The monoisotopic (exact) mass is 253 g/mol. The lowest BCUT2D eigenvalue weighted by Gasteiger charge is -2.16. The molecule has 1 aromatic rings. The van der Waals surface area contributed by atoms with Gasteiger partial charge in [0.2, 0.25) is 0 Å². The highest BCUT2D eigenvalue weighted by Crippen LogP contribution is 2.31. The molecule has 1 aliphatic heterocycles. The first-order valence-corrected chi connectivity index (χ1v) is 5.47. The summed E-state index contributed by atoms with van der Waals surface area (Å²) in [5.74, 6) is -1.73. The van der Waals surface area contributed by atoms with E-state index in [2.05, 4.69) is 0 Å². The zero-order chi connectivity index (χ0) is 13.3. The summed E-state index contributed by atoms with van der Waals surface area (Å²) in [6, 6.07) is 4.66. The largest absolute Gasteiger partial charge is 0.480 e. The van der Waals surface area contributed by atoms with Crippen LogP contribution in [0.3, 0.4) is 0 Å². The minimum atomic E-state index is -1.24. The second-order valence-corrected chi connectivity index (χ2v) is 4.27. The number of carboxylic acid groups (broad SMARTS) is 2. The van der Waals surface area contributed by atoms with Crippen LogP contribution in [0.25, 0.3) is 0 Å². The number of benzene rings is 1. The fourth-order valence-electron chi connectivity index (χ4n) is 2.26. The van der Waals surface area contributed by atoms with Gasteiger partial charge in [0.05, 0.1) is 0 Å². The molecule has 1 aromatic carbocycles. The molecule has 0 bridgehead atoms. The van der Waals surface area contributed by atoms with Crippen molar-refractivity contribution in [1.29, 1.82) is 0 Å². The summed E-state index contributed by atoms with van der Waals surface area (Å²) in [6.45, 7) is 0.123. The smallest absolute Gasteiger partial charge is 0.408 e. The van der Waals surface area contributed by atoms with Gasteiger partial charge in [-0.15, -0.1) is 0 Å². The maximum absolute atomic E-state index is 12.8. The van der Waals surface area contributed by atoms with E-state index >= 15 is 0 Å². The minimum absolute atomic E-state index is 0.123. The number of carboxylic acids is 1. The molecule has 2 atom stereocenters. The first-order chi connectivity index (χ1) is 8.49. The Morgan fingerprint density at radius 1 is 1.22 bits per heavy atom. The maximum atomic E-state index is 12.8. The highest BCUT2D eigenvalue weighted by molar-refractivity contribution is 5.80. The zero-order valence-electron chi connectivity index (χ0n) is 9.41. The zero-order valence-corrected chi connectivity index (χ0v) is 9.41. The predicted octanol–water partition coefficient (Wildman–Crippen LogP) is 1.75. The van der Waals surface area contributed by atoms with Crippen molar-refractivity contribution in [2.24, 2.45) is 0 Å². The van der Waals surface area contributed by atoms with E-state index in [1.807, 2.05) is 0 Å². The summed E-state index contributed by atoms with van der Waals surface area (Å²) in [4.78, 5) is 22.8. The lowest BCUT2D eigenvalue weighted by molar-refractivity contribution is -0.141. The van der Waals surface area contributed by atoms with E-state index in [1.165, 1.54) is 12.1 Å². The van der Waals surface area contributed by atoms with Gasteiger partial charge >= 0.3 is 12.1 Å². The van der Waals surface area contributed by atoms with Gasteiger partial charge in [-0.3, -0.25) is 4.90 Å². The van der Waals surface area contributed by atoms with Crippen molar-refractivity contribution in [3.05, 3.63) is 35.6 Å². The summed E-state index contributed by atoms with van der Waals surface area (Å²) in [5, 5.41) is 17.9. The third kappa shape index (κ3) is 2.27. The SMILES string of the molecule is O=C(O)[C@@H]1C[C@H](c2ccc(F)cc2)CN1C(=O)O. The van der Waals surface area contributed by atoms with Gasteiger partial charge in [0.15, 0.2) is 0 Å². The van der Waals surface area contributed by atoms with Gasteiger partial charge in [0.25, 0.3) is 0 Å². The molecule has 1 saturated heterocycles. The summed E-state index contributed by atoms with van der Waals surface area (Å²) >= 11 is 0. The third-order valence-corrected chi connectivity index (χ3v) is 3.17. The van der Waals surface area contributed by atoms with Crippen LogP contribution < -0.4 is 0 Å². The third-order valence-electron chi connectivity index (χ3n) is 3.17. The van der Waals surface area contributed by atoms with Gasteiger partial charge < -0.3 is 10.2 Å². The van der Waals surface area contributed by atoms with E-state index in [-0.39, 0.29) is 24.7 Å². The van der Waals surface area contributed by atoms with E-state index in [0.717, 1.165) is 10.5 Å². The molecule has 0 radical (unpaired) electrons. The van der Waals surface area contributed by atoms with Crippen LogP contribution in [0.5, 0.6) is 0 Å². The Hall–Kier alpha value is -2.11. The topological polar surface area (TPSA) is 77.8 Å². The number of halogens is 1. The van der Waals surface area contributed by atoms with Crippen LogP contribution in [0, 0.1) is 5.82 Å². The van der Waals surface area contributed by atoms with Crippen molar-refractivity contribution < 1.29 is 24.2 Å². The molecule has 1 amide bonds. The van der Waals surface area contributed by atoms with Crippen LogP contribution in [0.2, 0.25) is 0 Å². The van der Waals surface area contributed by atoms with Gasteiger partial charge in [0.1, 0.15) is 11.9 Å². The van der Waals surface area contributed by atoms with Crippen LogP contribution in [0.1, 0.15) is 17.9 Å². The minimum Gasteiger partial charge on any atom is -0.480 e. The normalized spacial score (nSPS) is 23.1. The molecule has 0 unspecified atom stereocenters. The molecule has 1 heterocycles. The molecular weight excluding hydrogens is 241 g/mol. The van der Waals surface area contributed by atoms with Crippen molar-refractivity contribution >= 4 is 12.1 Å². The maximum Gasteiger partial charge on any atom is 0.408 e. The van der Waals surface area contributed by atoms with E-state index in [0.29, 0.717) is 0 Å². The van der Waals surface area contributed by atoms with Crippen molar-refractivity contribution in [3.63, 3.8) is 0 Å². The average Bonchev–Trinajstić information content (AvgIpc) is 2.75. The summed E-state index contributed by atoms with van der Waals surface area (Å²) in [5.41, 5.74) is 0.756. The van der Waals surface area contributed by atoms with E-state index in [4.69, 9.17) is 10.2 Å². The number of rotatable bonds is 2. The van der Waals surface area contributed by atoms with Crippen molar-refractivity contribution in [1.82, 2.24) is 4.90 Å². The molecule has 0 aliphatic carbocycles. The molecule has 5 nitrogen and oxygen atoms in total. The van der Waals surface area contributed by atoms with Gasteiger partial charge in [-0.05, 0) is 24.1 Å². The molecule has 0 saturated carbocycles. The molecule has 0 aromatic heterocycles. The van der Waals surface area contributed by atoms with Gasteiger partial charge in [0, 0.05) is 12.5 Å². The molecule has 96 valence electrons. The summed E-state index contributed by atoms with van der Waals surface area (Å²) < 4.78 is 12.8. The Labute approximate surface area is 102 Å². The molecule has 18 heavy (non-hydrogen) atoms. The Morgan fingerprint density at radius 2 is 1.83 bits per heavy atom. The van der Waals surface area contributed by atoms with Crippen LogP contribution in [0.4, 0.5) is 9.18 Å². The van der Waals surface area contributed by atoms with Crippen LogP contribution in [-0.4, -0.2) is 39.8 Å². The van der Waals surface area contributed by atoms with Crippen molar-refractivity contribution in [2.45, 2.75) is 18.4 Å². The van der Waals surface area contributed by atoms with Crippen LogP contribution in [-0.2, 0) is 4.79 Å². The molecule has 2 N–H and O–H groups in total. The van der Waals surface area contributed by atoms with Crippen LogP contribution >= 0.6 is 0 Å². The fraction of sp³-hybridized carbons (Fsp3) is 0.333. The quantitative estimate of drug-likeness (QED) is 0.841. The number of hydrogen-bond acceptors (Lipinski definition) is 2. The molecule has 1 fully saturated rings. The first-order valence-electron chi connectivity index (χ1n) is 5.47. The summed E-state index contributed by atoms with van der Waals surface area (Å²) in [7, 11) is 0. The molecule has 6 heteroatoms. The average molecular weight is 253 g/mol. The molecule has 0 spiro atoms. The van der Waals surface area contributed by atoms with Gasteiger partial charge in [-0.1, -0.05) is 12.1 Å². The van der Waals surface area contributed by atoms with E-state index in [9.17, 15) is 14.0 Å². The second-order valence-electron chi connectivity index (χ2n) is 4.27. The van der Waals surface area contributed by atoms with Gasteiger partial charge in [-0.25, -0.2) is 14.0 Å². The Morgan fingerprint density at radius 3 is 2.28 bits per heavy atom. The van der Waals surface area contributed by atoms with Crippen molar-refractivity contribution in [2.75, 3.05) is 6.54 Å². The number of likely N-dealkylation sites (tertiary alicyclic amines) is 1. The van der Waals surface area contributed by atoms with Crippen molar-refractivity contribution in [3.8, 4) is 0 Å². The lowest BCUT2D eigenvalue weighted by Crippen LogP contribution is -2.39. The fourth-order valence-corrected chi connectivity index (χ4v) is 2.26. The summed E-state index contributed by atoms with van der Waals surface area (Å²) in [6.07, 6.45) is -1.03. The molecule has 1 aliphatic rings. The Balaban J connectivity index is 2.20. The van der Waals surface area contributed by atoms with E-state index in [1.54, 1.807) is 12.1 Å². The highest BCUT2D eigenvalue weighted by Gasteiger charge is 2.40. The molecular formula is C12H12FNO4. The number of carbonyl (C=O) groups is 2. The van der Waals surface area contributed by atoms with Gasteiger partial charge in [-0.2, -0.15) is 0 Å². The Bertz CT molecular complexity index is 451. The van der Waals surface area contributed by atoms with Crippen LogP contribution in [0.15, 0.2) is 24.3 Å². The van der Waals surface area contributed by atoms with E-state index < -0.39 is 18.1 Å². The molecule has 2 rings (SSSR count). The second kappa shape index (κ2) is 4.64. The predicted molar refractivity (Wildman–Crippen MR) is 59.9 cm³/mol. The number of aliphatic carboxylic acids is 1.